The second kappa shape index (κ2) is 5.27. The summed E-state index contributed by atoms with van der Waals surface area (Å²) in [6.07, 6.45) is 1.49. The summed E-state index contributed by atoms with van der Waals surface area (Å²) >= 11 is 5.95. The lowest BCUT2D eigenvalue weighted by molar-refractivity contribution is 0.0710. The first-order valence-corrected chi connectivity index (χ1v) is 6.03. The van der Waals surface area contributed by atoms with Gasteiger partial charge in [-0.05, 0) is 36.8 Å². The molecule has 0 aliphatic rings. The number of amides is 1. The number of furan rings is 1. The molecule has 0 bridgehead atoms. The van der Waals surface area contributed by atoms with Gasteiger partial charge in [0.1, 0.15) is 0 Å². The molecular weight excluding hydrogens is 250 g/mol. The average molecular weight is 264 g/mol. The first-order valence-electron chi connectivity index (χ1n) is 5.65. The van der Waals surface area contributed by atoms with Crippen LogP contribution in [0.3, 0.4) is 0 Å². The Balaban J connectivity index is 2.18. The molecule has 0 fully saturated rings. The van der Waals surface area contributed by atoms with Gasteiger partial charge >= 0.3 is 0 Å². The van der Waals surface area contributed by atoms with Crippen LogP contribution in [0.25, 0.3) is 0 Å². The lowest BCUT2D eigenvalue weighted by Gasteiger charge is -2.24. The van der Waals surface area contributed by atoms with Crippen molar-refractivity contribution in [3.63, 3.8) is 0 Å². The van der Waals surface area contributed by atoms with Gasteiger partial charge in [0.15, 0.2) is 5.76 Å². The summed E-state index contributed by atoms with van der Waals surface area (Å²) in [7, 11) is 1.75. The highest BCUT2D eigenvalue weighted by atomic mass is 35.5. The molecule has 2 aromatic rings. The Bertz CT molecular complexity index is 536. The van der Waals surface area contributed by atoms with Crippen molar-refractivity contribution in [1.29, 1.82) is 0 Å². The molecule has 1 heterocycles. The van der Waals surface area contributed by atoms with Gasteiger partial charge in [-0.1, -0.05) is 23.7 Å². The molecule has 1 aromatic heterocycles. The van der Waals surface area contributed by atoms with E-state index in [1.165, 1.54) is 6.26 Å². The molecule has 1 unspecified atom stereocenters. The van der Waals surface area contributed by atoms with E-state index in [0.29, 0.717) is 10.8 Å². The van der Waals surface area contributed by atoms with E-state index in [1.54, 1.807) is 24.1 Å². The quantitative estimate of drug-likeness (QED) is 0.845. The molecule has 2 rings (SSSR count). The number of hydrogen-bond donors (Lipinski definition) is 0. The summed E-state index contributed by atoms with van der Waals surface area (Å²) in [5.74, 6) is 0.193. The van der Waals surface area contributed by atoms with Gasteiger partial charge in [0.2, 0.25) is 0 Å². The third-order valence-electron chi connectivity index (χ3n) is 2.96. The average Bonchev–Trinajstić information content (AvgIpc) is 2.90. The van der Waals surface area contributed by atoms with E-state index in [4.69, 9.17) is 16.0 Å². The fourth-order valence-corrected chi connectivity index (χ4v) is 1.94. The Kier molecular flexibility index (Phi) is 3.72. The van der Waals surface area contributed by atoms with E-state index in [2.05, 4.69) is 0 Å². The van der Waals surface area contributed by atoms with Gasteiger partial charge in [-0.25, -0.2) is 0 Å². The zero-order valence-corrected chi connectivity index (χ0v) is 11.0. The van der Waals surface area contributed by atoms with Gasteiger partial charge in [-0.3, -0.25) is 4.79 Å². The van der Waals surface area contributed by atoms with Crippen molar-refractivity contribution in [2.45, 2.75) is 13.0 Å². The Morgan fingerprint density at radius 2 is 2.11 bits per heavy atom. The number of hydrogen-bond acceptors (Lipinski definition) is 2. The molecule has 0 N–H and O–H groups in total. The van der Waals surface area contributed by atoms with Gasteiger partial charge in [0, 0.05) is 12.1 Å². The molecule has 0 spiro atoms. The van der Waals surface area contributed by atoms with Gasteiger partial charge in [-0.15, -0.1) is 0 Å². The summed E-state index contributed by atoms with van der Waals surface area (Å²) in [6, 6.07) is 10.8. The van der Waals surface area contributed by atoms with Crippen molar-refractivity contribution in [3.05, 3.63) is 59.0 Å². The number of carbonyl (C=O) groups is 1. The van der Waals surface area contributed by atoms with Crippen molar-refractivity contribution in [2.75, 3.05) is 7.05 Å². The summed E-state index contributed by atoms with van der Waals surface area (Å²) in [4.78, 5) is 13.7. The second-order valence-electron chi connectivity index (χ2n) is 4.12. The Morgan fingerprint density at radius 1 is 1.33 bits per heavy atom. The molecule has 1 amide bonds. The largest absolute Gasteiger partial charge is 0.459 e. The third kappa shape index (κ3) is 2.57. The van der Waals surface area contributed by atoms with Gasteiger partial charge < -0.3 is 9.32 Å². The van der Waals surface area contributed by atoms with Crippen LogP contribution in [-0.2, 0) is 0 Å². The predicted molar refractivity (Wildman–Crippen MR) is 70.7 cm³/mol. The van der Waals surface area contributed by atoms with E-state index in [9.17, 15) is 4.79 Å². The molecule has 1 atom stereocenters. The standard InChI is InChI=1S/C14H14ClNO2/c1-10(11-5-3-6-12(15)9-11)16(2)14(17)13-7-4-8-18-13/h3-10H,1-2H3. The lowest BCUT2D eigenvalue weighted by atomic mass is 10.1. The molecule has 0 radical (unpaired) electrons. The molecule has 94 valence electrons. The highest BCUT2D eigenvalue weighted by Gasteiger charge is 2.20. The molecule has 0 aliphatic carbocycles. The fourth-order valence-electron chi connectivity index (χ4n) is 1.74. The zero-order chi connectivity index (χ0) is 13.1. The van der Waals surface area contributed by atoms with Crippen molar-refractivity contribution in [1.82, 2.24) is 4.90 Å². The summed E-state index contributed by atoms with van der Waals surface area (Å²) in [5.41, 5.74) is 0.991. The molecular formula is C14H14ClNO2. The smallest absolute Gasteiger partial charge is 0.289 e. The minimum atomic E-state index is -0.146. The van der Waals surface area contributed by atoms with Gasteiger partial charge in [0.05, 0.1) is 12.3 Å². The number of halogens is 1. The Morgan fingerprint density at radius 3 is 2.72 bits per heavy atom. The highest BCUT2D eigenvalue weighted by molar-refractivity contribution is 6.30. The van der Waals surface area contributed by atoms with Crippen LogP contribution >= 0.6 is 11.6 Å². The van der Waals surface area contributed by atoms with Crippen LogP contribution in [0.2, 0.25) is 5.02 Å². The monoisotopic (exact) mass is 263 g/mol. The van der Waals surface area contributed by atoms with E-state index in [1.807, 2.05) is 31.2 Å². The lowest BCUT2D eigenvalue weighted by Crippen LogP contribution is -2.29. The molecule has 18 heavy (non-hydrogen) atoms. The van der Waals surface area contributed by atoms with Crippen LogP contribution in [0.5, 0.6) is 0 Å². The fraction of sp³-hybridized carbons (Fsp3) is 0.214. The van der Waals surface area contributed by atoms with E-state index >= 15 is 0 Å². The predicted octanol–water partition coefficient (Wildman–Crippen LogP) is 3.77. The number of rotatable bonds is 3. The topological polar surface area (TPSA) is 33.5 Å². The number of nitrogens with zero attached hydrogens (tertiary/aromatic N) is 1. The van der Waals surface area contributed by atoms with Crippen molar-refractivity contribution in [3.8, 4) is 0 Å². The van der Waals surface area contributed by atoms with Crippen molar-refractivity contribution >= 4 is 17.5 Å². The molecule has 0 saturated carbocycles. The molecule has 3 nitrogen and oxygen atoms in total. The SMILES string of the molecule is CC(c1cccc(Cl)c1)N(C)C(=O)c1ccco1. The van der Waals surface area contributed by atoms with Crippen LogP contribution in [0.4, 0.5) is 0 Å². The Labute approximate surface area is 111 Å². The molecule has 0 aliphatic heterocycles. The number of carbonyl (C=O) groups excluding carboxylic acids is 1. The summed E-state index contributed by atoms with van der Waals surface area (Å²) < 4.78 is 5.11. The number of benzene rings is 1. The third-order valence-corrected chi connectivity index (χ3v) is 3.20. The first kappa shape index (κ1) is 12.7. The minimum absolute atomic E-state index is 0.0682. The van der Waals surface area contributed by atoms with Crippen LogP contribution in [-0.4, -0.2) is 17.9 Å². The molecule has 4 heteroatoms. The van der Waals surface area contributed by atoms with Crippen LogP contribution in [0.15, 0.2) is 47.1 Å². The van der Waals surface area contributed by atoms with E-state index in [0.717, 1.165) is 5.56 Å². The molecule has 0 saturated heterocycles. The summed E-state index contributed by atoms with van der Waals surface area (Å²) in [5, 5.41) is 0.665. The maximum absolute atomic E-state index is 12.1. The second-order valence-corrected chi connectivity index (χ2v) is 4.56. The van der Waals surface area contributed by atoms with E-state index < -0.39 is 0 Å². The van der Waals surface area contributed by atoms with Crippen molar-refractivity contribution < 1.29 is 9.21 Å². The van der Waals surface area contributed by atoms with Crippen LogP contribution < -0.4 is 0 Å². The maximum Gasteiger partial charge on any atom is 0.289 e. The van der Waals surface area contributed by atoms with Crippen LogP contribution in [0, 0.1) is 0 Å². The summed E-state index contributed by atoms with van der Waals surface area (Å²) in [6.45, 7) is 1.95. The molecule has 1 aromatic carbocycles. The van der Waals surface area contributed by atoms with Crippen molar-refractivity contribution in [2.24, 2.45) is 0 Å². The van der Waals surface area contributed by atoms with Gasteiger partial charge in [-0.2, -0.15) is 0 Å². The zero-order valence-electron chi connectivity index (χ0n) is 10.3. The van der Waals surface area contributed by atoms with Crippen LogP contribution in [0.1, 0.15) is 29.1 Å². The first-order chi connectivity index (χ1) is 8.59. The highest BCUT2D eigenvalue weighted by Crippen LogP contribution is 2.23. The van der Waals surface area contributed by atoms with E-state index in [-0.39, 0.29) is 11.9 Å². The van der Waals surface area contributed by atoms with Gasteiger partial charge in [0.25, 0.3) is 5.91 Å². The minimum Gasteiger partial charge on any atom is -0.459 e. The maximum atomic E-state index is 12.1. The Hall–Kier alpha value is -1.74. The normalized spacial score (nSPS) is 12.2.